The van der Waals surface area contributed by atoms with Crippen molar-refractivity contribution >= 4 is 23.4 Å². The summed E-state index contributed by atoms with van der Waals surface area (Å²) < 4.78 is 0. The van der Waals surface area contributed by atoms with Crippen molar-refractivity contribution in [3.05, 3.63) is 34.9 Å². The predicted molar refractivity (Wildman–Crippen MR) is 82.9 cm³/mol. The van der Waals surface area contributed by atoms with E-state index >= 15 is 0 Å². The molecular formula is C16H21ClN2O2. The number of hydrogen-bond acceptors (Lipinski definition) is 2. The summed E-state index contributed by atoms with van der Waals surface area (Å²) in [6.07, 6.45) is 3.01. The highest BCUT2D eigenvalue weighted by molar-refractivity contribution is 6.35. The highest BCUT2D eigenvalue weighted by atomic mass is 35.5. The molecule has 0 radical (unpaired) electrons. The SMILES string of the molecule is CC1CCCC(C)N1C(=O)C(=O)NCc1ccccc1Cl. The van der Waals surface area contributed by atoms with Crippen molar-refractivity contribution in [3.63, 3.8) is 0 Å². The molecule has 1 aliphatic heterocycles. The van der Waals surface area contributed by atoms with Crippen LogP contribution in [0.5, 0.6) is 0 Å². The molecule has 4 nitrogen and oxygen atoms in total. The Labute approximate surface area is 130 Å². The lowest BCUT2D eigenvalue weighted by Gasteiger charge is -2.38. The number of benzene rings is 1. The molecule has 1 aliphatic rings. The van der Waals surface area contributed by atoms with Gasteiger partial charge >= 0.3 is 11.8 Å². The number of rotatable bonds is 2. The highest BCUT2D eigenvalue weighted by Crippen LogP contribution is 2.22. The van der Waals surface area contributed by atoms with E-state index in [-0.39, 0.29) is 18.6 Å². The molecule has 2 unspecified atom stereocenters. The number of amides is 2. The Morgan fingerprint density at radius 2 is 1.86 bits per heavy atom. The van der Waals surface area contributed by atoms with Crippen LogP contribution in [0.2, 0.25) is 5.02 Å². The Bertz CT molecular complexity index is 523. The van der Waals surface area contributed by atoms with Gasteiger partial charge < -0.3 is 10.2 Å². The lowest BCUT2D eigenvalue weighted by atomic mass is 9.97. The van der Waals surface area contributed by atoms with E-state index in [4.69, 9.17) is 11.6 Å². The minimum absolute atomic E-state index is 0.118. The van der Waals surface area contributed by atoms with E-state index in [9.17, 15) is 9.59 Å². The summed E-state index contributed by atoms with van der Waals surface area (Å²) in [6, 6.07) is 7.51. The molecule has 1 aromatic carbocycles. The quantitative estimate of drug-likeness (QED) is 0.854. The minimum Gasteiger partial charge on any atom is -0.344 e. The van der Waals surface area contributed by atoms with Crippen molar-refractivity contribution in [2.24, 2.45) is 0 Å². The van der Waals surface area contributed by atoms with Crippen molar-refractivity contribution in [3.8, 4) is 0 Å². The first-order valence-corrected chi connectivity index (χ1v) is 7.72. The molecule has 0 aliphatic carbocycles. The fraction of sp³-hybridized carbons (Fsp3) is 0.500. The van der Waals surface area contributed by atoms with Crippen LogP contribution in [-0.2, 0) is 16.1 Å². The molecular weight excluding hydrogens is 288 g/mol. The molecule has 0 aromatic heterocycles. The van der Waals surface area contributed by atoms with Crippen molar-refractivity contribution < 1.29 is 9.59 Å². The van der Waals surface area contributed by atoms with Gasteiger partial charge in [0.1, 0.15) is 0 Å². The maximum absolute atomic E-state index is 12.3. The minimum atomic E-state index is -0.560. The summed E-state index contributed by atoms with van der Waals surface area (Å²) in [7, 11) is 0. The van der Waals surface area contributed by atoms with E-state index in [0.29, 0.717) is 5.02 Å². The third kappa shape index (κ3) is 3.76. The van der Waals surface area contributed by atoms with E-state index in [1.54, 1.807) is 11.0 Å². The summed E-state index contributed by atoms with van der Waals surface area (Å²) in [5.74, 6) is -1.00. The molecule has 0 saturated carbocycles. The Morgan fingerprint density at radius 1 is 1.24 bits per heavy atom. The number of nitrogens with one attached hydrogen (secondary N) is 1. The van der Waals surface area contributed by atoms with E-state index < -0.39 is 11.8 Å². The van der Waals surface area contributed by atoms with Crippen LogP contribution in [0.3, 0.4) is 0 Å². The lowest BCUT2D eigenvalue weighted by molar-refractivity contribution is -0.150. The van der Waals surface area contributed by atoms with Gasteiger partial charge in [0, 0.05) is 23.7 Å². The van der Waals surface area contributed by atoms with Gasteiger partial charge in [-0.3, -0.25) is 9.59 Å². The second-order valence-electron chi connectivity index (χ2n) is 5.62. The van der Waals surface area contributed by atoms with E-state index in [1.165, 1.54) is 0 Å². The summed E-state index contributed by atoms with van der Waals surface area (Å²) in [4.78, 5) is 26.1. The Morgan fingerprint density at radius 3 is 2.48 bits per heavy atom. The van der Waals surface area contributed by atoms with Gasteiger partial charge in [-0.05, 0) is 44.7 Å². The number of hydrogen-bond donors (Lipinski definition) is 1. The molecule has 2 rings (SSSR count). The predicted octanol–water partition coefficient (Wildman–Crippen LogP) is 2.75. The number of carbonyl (C=O) groups excluding carboxylic acids is 2. The summed E-state index contributed by atoms with van der Waals surface area (Å²) in [6.45, 7) is 4.25. The molecule has 2 atom stereocenters. The van der Waals surface area contributed by atoms with Crippen LogP contribution in [0.15, 0.2) is 24.3 Å². The van der Waals surface area contributed by atoms with Gasteiger partial charge in [-0.15, -0.1) is 0 Å². The van der Waals surface area contributed by atoms with E-state index in [1.807, 2.05) is 32.0 Å². The van der Waals surface area contributed by atoms with Crippen molar-refractivity contribution in [2.75, 3.05) is 0 Å². The fourth-order valence-corrected chi connectivity index (χ4v) is 3.03. The normalized spacial score (nSPS) is 22.0. The van der Waals surface area contributed by atoms with Crippen molar-refractivity contribution in [1.29, 1.82) is 0 Å². The van der Waals surface area contributed by atoms with Gasteiger partial charge in [-0.25, -0.2) is 0 Å². The number of piperidine rings is 1. The molecule has 2 amide bonds. The molecule has 0 spiro atoms. The number of carbonyl (C=O) groups is 2. The Kier molecular flexibility index (Phi) is 5.23. The van der Waals surface area contributed by atoms with Crippen LogP contribution >= 0.6 is 11.6 Å². The van der Waals surface area contributed by atoms with Gasteiger partial charge in [-0.1, -0.05) is 29.8 Å². The van der Waals surface area contributed by atoms with Crippen LogP contribution in [0.25, 0.3) is 0 Å². The summed E-state index contributed by atoms with van der Waals surface area (Å²) >= 11 is 6.04. The van der Waals surface area contributed by atoms with Crippen LogP contribution < -0.4 is 5.32 Å². The van der Waals surface area contributed by atoms with Crippen LogP contribution in [-0.4, -0.2) is 28.8 Å². The molecule has 1 heterocycles. The molecule has 0 bridgehead atoms. The summed E-state index contributed by atoms with van der Waals surface area (Å²) in [5, 5.41) is 3.25. The Hall–Kier alpha value is -1.55. The first-order valence-electron chi connectivity index (χ1n) is 7.34. The molecule has 1 saturated heterocycles. The summed E-state index contributed by atoms with van der Waals surface area (Å²) in [5.41, 5.74) is 0.806. The van der Waals surface area contributed by atoms with Crippen LogP contribution in [0, 0.1) is 0 Å². The average molecular weight is 309 g/mol. The maximum atomic E-state index is 12.3. The highest BCUT2D eigenvalue weighted by Gasteiger charge is 2.32. The lowest BCUT2D eigenvalue weighted by Crippen LogP contribution is -2.52. The molecule has 114 valence electrons. The first-order chi connectivity index (χ1) is 10.0. The molecule has 21 heavy (non-hydrogen) atoms. The molecule has 1 aromatic rings. The molecule has 1 N–H and O–H groups in total. The number of nitrogens with zero attached hydrogens (tertiary/aromatic N) is 1. The molecule has 1 fully saturated rings. The van der Waals surface area contributed by atoms with E-state index in [0.717, 1.165) is 24.8 Å². The zero-order valence-corrected chi connectivity index (χ0v) is 13.2. The topological polar surface area (TPSA) is 49.4 Å². The number of halogens is 1. The number of likely N-dealkylation sites (tertiary alicyclic amines) is 1. The smallest absolute Gasteiger partial charge is 0.312 e. The third-order valence-electron chi connectivity index (χ3n) is 4.02. The second-order valence-corrected chi connectivity index (χ2v) is 6.02. The van der Waals surface area contributed by atoms with Crippen LogP contribution in [0.4, 0.5) is 0 Å². The van der Waals surface area contributed by atoms with Crippen molar-refractivity contribution in [2.45, 2.75) is 51.7 Å². The maximum Gasteiger partial charge on any atom is 0.312 e. The zero-order chi connectivity index (χ0) is 15.4. The van der Waals surface area contributed by atoms with Crippen LogP contribution in [0.1, 0.15) is 38.7 Å². The zero-order valence-electron chi connectivity index (χ0n) is 12.4. The van der Waals surface area contributed by atoms with Gasteiger partial charge in [0.15, 0.2) is 0 Å². The van der Waals surface area contributed by atoms with Crippen molar-refractivity contribution in [1.82, 2.24) is 10.2 Å². The van der Waals surface area contributed by atoms with E-state index in [2.05, 4.69) is 5.32 Å². The second kappa shape index (κ2) is 6.94. The van der Waals surface area contributed by atoms with Gasteiger partial charge in [0.2, 0.25) is 0 Å². The largest absolute Gasteiger partial charge is 0.344 e. The first kappa shape index (κ1) is 15.8. The van der Waals surface area contributed by atoms with Gasteiger partial charge in [0.05, 0.1) is 0 Å². The Balaban J connectivity index is 1.96. The monoisotopic (exact) mass is 308 g/mol. The molecule has 5 heteroatoms. The van der Waals surface area contributed by atoms with Gasteiger partial charge in [0.25, 0.3) is 0 Å². The fourth-order valence-electron chi connectivity index (χ4n) is 2.83. The van der Waals surface area contributed by atoms with Gasteiger partial charge in [-0.2, -0.15) is 0 Å². The standard InChI is InChI=1S/C16H21ClN2O2/c1-11-6-5-7-12(2)19(11)16(21)15(20)18-10-13-8-3-4-9-14(13)17/h3-4,8-9,11-12H,5-7,10H2,1-2H3,(H,18,20). The third-order valence-corrected chi connectivity index (χ3v) is 4.39. The average Bonchev–Trinajstić information content (AvgIpc) is 2.45.